The van der Waals surface area contributed by atoms with Gasteiger partial charge in [0.1, 0.15) is 11.4 Å². The summed E-state index contributed by atoms with van der Waals surface area (Å²) in [4.78, 5) is 12.3. The van der Waals surface area contributed by atoms with E-state index in [4.69, 9.17) is 4.74 Å². The molecular formula is C16H19F3O5S. The van der Waals surface area contributed by atoms with Gasteiger partial charge < -0.3 is 8.92 Å². The zero-order valence-corrected chi connectivity index (χ0v) is 14.8. The molecule has 9 heteroatoms. The Hall–Kier alpha value is -1.77. The molecule has 140 valence electrons. The lowest BCUT2D eigenvalue weighted by Gasteiger charge is -2.28. The molecular weight excluding hydrogens is 361 g/mol. The number of hydrogen-bond donors (Lipinski definition) is 0. The topological polar surface area (TPSA) is 69.7 Å². The third-order valence-corrected chi connectivity index (χ3v) is 4.59. The van der Waals surface area contributed by atoms with Crippen LogP contribution >= 0.6 is 0 Å². The van der Waals surface area contributed by atoms with Gasteiger partial charge in [-0.3, -0.25) is 4.79 Å². The molecule has 0 fully saturated rings. The number of carbonyl (C=O) groups is 1. The van der Waals surface area contributed by atoms with Crippen molar-refractivity contribution in [2.75, 3.05) is 0 Å². The van der Waals surface area contributed by atoms with E-state index in [1.54, 1.807) is 20.8 Å². The van der Waals surface area contributed by atoms with Crippen molar-refractivity contribution in [2.45, 2.75) is 57.1 Å². The number of ether oxygens (including phenoxy) is 1. The monoisotopic (exact) mass is 380 g/mol. The van der Waals surface area contributed by atoms with E-state index >= 15 is 0 Å². The lowest BCUT2D eigenvalue weighted by atomic mass is 9.82. The standard InChI is InChI=1S/C16H19F3O5S/c1-15(2,3)23-14(20)13-6-4-5-10-9-11(7-8-12(10)13)24-25(21,22)16(17,18)19/h7-9,13H,4-6H2,1-3H3. The summed E-state index contributed by atoms with van der Waals surface area (Å²) in [6.45, 7) is 5.23. The summed E-state index contributed by atoms with van der Waals surface area (Å²) in [6, 6.07) is 3.77. The van der Waals surface area contributed by atoms with E-state index in [-0.39, 0.29) is 0 Å². The Morgan fingerprint density at radius 2 is 1.84 bits per heavy atom. The minimum absolute atomic E-state index is 0.412. The zero-order valence-electron chi connectivity index (χ0n) is 14.0. The van der Waals surface area contributed by atoms with Crippen LogP contribution in [-0.2, 0) is 26.1 Å². The highest BCUT2D eigenvalue weighted by Gasteiger charge is 2.48. The molecule has 2 rings (SSSR count). The minimum Gasteiger partial charge on any atom is -0.459 e. The summed E-state index contributed by atoms with van der Waals surface area (Å²) in [5.41, 5.74) is -4.95. The maximum Gasteiger partial charge on any atom is 0.534 e. The summed E-state index contributed by atoms with van der Waals surface area (Å²) < 4.78 is 68.9. The minimum atomic E-state index is -5.72. The fourth-order valence-electron chi connectivity index (χ4n) is 2.63. The molecule has 1 aromatic rings. The average Bonchev–Trinajstić information content (AvgIpc) is 2.42. The second kappa shape index (κ2) is 6.51. The number of alkyl halides is 3. The zero-order chi connectivity index (χ0) is 19.0. The van der Waals surface area contributed by atoms with Crippen molar-refractivity contribution < 1.29 is 35.3 Å². The molecule has 0 bridgehead atoms. The molecule has 1 aromatic carbocycles. The van der Waals surface area contributed by atoms with Crippen LogP contribution in [0.15, 0.2) is 18.2 Å². The number of benzene rings is 1. The lowest BCUT2D eigenvalue weighted by molar-refractivity contribution is -0.157. The first-order valence-corrected chi connectivity index (χ1v) is 9.07. The Kier molecular flexibility index (Phi) is 5.09. The van der Waals surface area contributed by atoms with Gasteiger partial charge in [-0.25, -0.2) is 0 Å². The van der Waals surface area contributed by atoms with Crippen LogP contribution in [0.4, 0.5) is 13.2 Å². The molecule has 0 heterocycles. The average molecular weight is 380 g/mol. The molecule has 0 radical (unpaired) electrons. The van der Waals surface area contributed by atoms with Gasteiger partial charge in [-0.05, 0) is 63.3 Å². The molecule has 0 saturated heterocycles. The Bertz CT molecular complexity index is 763. The van der Waals surface area contributed by atoms with Crippen molar-refractivity contribution >= 4 is 16.1 Å². The van der Waals surface area contributed by atoms with Crippen LogP contribution in [0.3, 0.4) is 0 Å². The maximum atomic E-state index is 12.4. The van der Waals surface area contributed by atoms with Crippen molar-refractivity contribution in [1.82, 2.24) is 0 Å². The smallest absolute Gasteiger partial charge is 0.459 e. The van der Waals surface area contributed by atoms with Gasteiger partial charge in [0.05, 0.1) is 5.92 Å². The molecule has 25 heavy (non-hydrogen) atoms. The van der Waals surface area contributed by atoms with E-state index in [0.29, 0.717) is 30.4 Å². The first-order valence-electron chi connectivity index (χ1n) is 7.66. The van der Waals surface area contributed by atoms with Crippen molar-refractivity contribution in [3.8, 4) is 5.75 Å². The predicted octanol–water partition coefficient (Wildman–Crippen LogP) is 3.68. The number of fused-ring (bicyclic) bond motifs is 1. The maximum absolute atomic E-state index is 12.4. The van der Waals surface area contributed by atoms with Crippen LogP contribution in [0, 0.1) is 0 Å². The highest BCUT2D eigenvalue weighted by Crippen LogP contribution is 2.36. The van der Waals surface area contributed by atoms with Crippen LogP contribution < -0.4 is 4.18 Å². The molecule has 0 saturated carbocycles. The highest BCUT2D eigenvalue weighted by molar-refractivity contribution is 7.88. The van der Waals surface area contributed by atoms with Gasteiger partial charge >= 0.3 is 21.6 Å². The lowest BCUT2D eigenvalue weighted by Crippen LogP contribution is -2.30. The summed E-state index contributed by atoms with van der Waals surface area (Å²) in [7, 11) is -5.72. The SMILES string of the molecule is CC(C)(C)OC(=O)C1CCCc2cc(OS(=O)(=O)C(F)(F)F)ccc21. The normalized spacial score (nSPS) is 18.4. The van der Waals surface area contributed by atoms with Gasteiger partial charge in [0.25, 0.3) is 0 Å². The number of esters is 1. The Balaban J connectivity index is 2.27. The van der Waals surface area contributed by atoms with Crippen LogP contribution in [0.2, 0.25) is 0 Å². The Morgan fingerprint density at radius 3 is 2.40 bits per heavy atom. The summed E-state index contributed by atoms with van der Waals surface area (Å²) >= 11 is 0. The Labute approximate surface area is 144 Å². The van der Waals surface area contributed by atoms with Crippen LogP contribution in [0.1, 0.15) is 50.7 Å². The van der Waals surface area contributed by atoms with E-state index in [9.17, 15) is 26.4 Å². The molecule has 0 aliphatic heterocycles. The van der Waals surface area contributed by atoms with E-state index < -0.39 is 38.9 Å². The number of halogens is 3. The summed E-state index contributed by atoms with van der Waals surface area (Å²) in [5, 5.41) is 0. The second-order valence-electron chi connectivity index (χ2n) is 6.82. The van der Waals surface area contributed by atoms with Crippen molar-refractivity contribution in [3.05, 3.63) is 29.3 Å². The number of hydrogen-bond acceptors (Lipinski definition) is 5. The van der Waals surface area contributed by atoms with E-state index in [1.165, 1.54) is 12.1 Å². The van der Waals surface area contributed by atoms with E-state index in [0.717, 1.165) is 6.07 Å². The molecule has 1 unspecified atom stereocenters. The second-order valence-corrected chi connectivity index (χ2v) is 8.36. The van der Waals surface area contributed by atoms with Gasteiger partial charge in [-0.15, -0.1) is 0 Å². The van der Waals surface area contributed by atoms with Crippen LogP contribution in [0.5, 0.6) is 5.75 Å². The predicted molar refractivity (Wildman–Crippen MR) is 83.6 cm³/mol. The molecule has 1 atom stereocenters. The van der Waals surface area contributed by atoms with Gasteiger partial charge in [0.15, 0.2) is 0 Å². The first kappa shape index (κ1) is 19.6. The molecule has 0 N–H and O–H groups in total. The molecule has 0 spiro atoms. The quantitative estimate of drug-likeness (QED) is 0.455. The molecule has 0 amide bonds. The van der Waals surface area contributed by atoms with Gasteiger partial charge in [0, 0.05) is 0 Å². The van der Waals surface area contributed by atoms with Crippen molar-refractivity contribution in [1.29, 1.82) is 0 Å². The number of carbonyl (C=O) groups excluding carboxylic acids is 1. The van der Waals surface area contributed by atoms with Crippen molar-refractivity contribution in [3.63, 3.8) is 0 Å². The summed E-state index contributed by atoms with van der Waals surface area (Å²) in [6.07, 6.45) is 1.70. The highest BCUT2D eigenvalue weighted by atomic mass is 32.2. The fourth-order valence-corrected chi connectivity index (χ4v) is 3.09. The van der Waals surface area contributed by atoms with Crippen molar-refractivity contribution in [2.24, 2.45) is 0 Å². The van der Waals surface area contributed by atoms with Gasteiger partial charge in [-0.2, -0.15) is 21.6 Å². The largest absolute Gasteiger partial charge is 0.534 e. The van der Waals surface area contributed by atoms with Crippen LogP contribution in [0.25, 0.3) is 0 Å². The number of rotatable bonds is 3. The summed E-state index contributed by atoms with van der Waals surface area (Å²) in [5.74, 6) is -1.37. The fraction of sp³-hybridized carbons (Fsp3) is 0.562. The third-order valence-electron chi connectivity index (χ3n) is 3.61. The Morgan fingerprint density at radius 1 is 1.20 bits per heavy atom. The molecule has 1 aliphatic rings. The third kappa shape index (κ3) is 4.65. The molecule has 0 aromatic heterocycles. The van der Waals surface area contributed by atoms with Crippen LogP contribution in [-0.4, -0.2) is 25.5 Å². The van der Waals surface area contributed by atoms with Gasteiger partial charge in [0.2, 0.25) is 0 Å². The molecule has 1 aliphatic carbocycles. The van der Waals surface area contributed by atoms with Gasteiger partial charge in [-0.1, -0.05) is 6.07 Å². The number of aryl methyl sites for hydroxylation is 1. The molecule has 5 nitrogen and oxygen atoms in total. The van der Waals surface area contributed by atoms with E-state index in [1.807, 2.05) is 0 Å². The first-order chi connectivity index (χ1) is 11.3. The van der Waals surface area contributed by atoms with E-state index in [2.05, 4.69) is 4.18 Å².